The Balaban J connectivity index is 2.00. The van der Waals surface area contributed by atoms with Crippen LogP contribution in [0.5, 0.6) is 11.5 Å². The average Bonchev–Trinajstić information content (AvgIpc) is 3.05. The van der Waals surface area contributed by atoms with E-state index in [9.17, 15) is 9.90 Å². The number of aliphatic carboxylic acids is 1. The second-order valence-corrected chi connectivity index (χ2v) is 8.70. The van der Waals surface area contributed by atoms with Crippen LogP contribution in [0.15, 0.2) is 65.2 Å². The maximum Gasteiger partial charge on any atom is 0.312 e. The zero-order valence-electron chi connectivity index (χ0n) is 16.5. The van der Waals surface area contributed by atoms with E-state index in [-0.39, 0.29) is 10.9 Å². The number of hydrogen-bond acceptors (Lipinski definition) is 2. The van der Waals surface area contributed by atoms with Crippen molar-refractivity contribution in [3.63, 3.8) is 0 Å². The van der Waals surface area contributed by atoms with Crippen molar-refractivity contribution in [1.29, 1.82) is 0 Å². The fraction of sp³-hybridized carbons (Fsp3) is 0.292. The van der Waals surface area contributed by atoms with E-state index in [4.69, 9.17) is 27.9 Å². The molecule has 0 aliphatic heterocycles. The third kappa shape index (κ3) is 3.41. The minimum Gasteiger partial charge on any atom is -0.481 e. The number of carboxylic acids is 1. The molecule has 0 aromatic heterocycles. The Bertz CT molecular complexity index is 1010. The summed E-state index contributed by atoms with van der Waals surface area (Å²) in [6, 6.07) is 16.9. The Hall–Kier alpha value is -2.41. The highest BCUT2D eigenvalue weighted by Crippen LogP contribution is 2.80. The summed E-state index contributed by atoms with van der Waals surface area (Å²) in [6.07, 6.45) is 1.85. The first-order valence-corrected chi connectivity index (χ1v) is 9.99. The number of hydrogen-bond donors (Lipinski definition) is 1. The van der Waals surface area contributed by atoms with E-state index in [1.807, 2.05) is 68.4 Å². The van der Waals surface area contributed by atoms with Gasteiger partial charge in [-0.05, 0) is 49.2 Å². The van der Waals surface area contributed by atoms with Gasteiger partial charge in [-0.1, -0.05) is 73.3 Å². The van der Waals surface area contributed by atoms with Crippen molar-refractivity contribution in [1.82, 2.24) is 0 Å². The quantitative estimate of drug-likeness (QED) is 0.536. The lowest BCUT2D eigenvalue weighted by Crippen LogP contribution is -2.26. The van der Waals surface area contributed by atoms with Crippen molar-refractivity contribution in [2.75, 3.05) is 0 Å². The molecule has 2 unspecified atom stereocenters. The van der Waals surface area contributed by atoms with Crippen molar-refractivity contribution >= 4 is 29.2 Å². The van der Waals surface area contributed by atoms with Gasteiger partial charge in [0.15, 0.2) is 0 Å². The predicted octanol–water partition coefficient (Wildman–Crippen LogP) is 6.46. The zero-order valence-corrected chi connectivity index (χ0v) is 18.0. The minimum absolute atomic E-state index is 0.0186. The van der Waals surface area contributed by atoms with E-state index >= 15 is 0 Å². The number of rotatable bonds is 6. The summed E-state index contributed by atoms with van der Waals surface area (Å²) in [5.74, 6) is 6.40. The molecule has 2 aromatic rings. The monoisotopic (exact) mass is 428 g/mol. The Kier molecular flexibility index (Phi) is 5.72. The smallest absolute Gasteiger partial charge is 0.312 e. The van der Waals surface area contributed by atoms with Gasteiger partial charge in [0, 0.05) is 5.41 Å². The van der Waals surface area contributed by atoms with Crippen molar-refractivity contribution in [2.24, 2.45) is 16.2 Å². The van der Waals surface area contributed by atoms with Crippen molar-refractivity contribution in [3.05, 3.63) is 70.7 Å². The second kappa shape index (κ2) is 7.78. The molecule has 0 saturated heterocycles. The number of allylic oxidation sites excluding steroid dienone is 1. The number of carboxylic acid groups (broad SMARTS) is 1. The zero-order chi connectivity index (χ0) is 21.3. The van der Waals surface area contributed by atoms with Crippen LogP contribution in [0, 0.1) is 28.1 Å². The minimum atomic E-state index is -1.16. The first kappa shape index (κ1) is 21.3. The molecule has 150 valence electrons. The van der Waals surface area contributed by atoms with Gasteiger partial charge in [-0.25, -0.2) is 0 Å². The van der Waals surface area contributed by atoms with Crippen LogP contribution in [0.25, 0.3) is 0 Å². The van der Waals surface area contributed by atoms with Gasteiger partial charge in [0.25, 0.3) is 0 Å². The van der Waals surface area contributed by atoms with Crippen LogP contribution in [0.4, 0.5) is 0 Å². The standard InChI is InChI=1S/C24H22Cl2O3/c1-4-13-23(16-20(25)26)22(2,3)24(23,21(27)28)15-17-9-8-12-19(14-17)29-18-10-6-5-7-11-18/h5-12,14,16H,15H2,1-3H3,(H,27,28). The Labute approximate surface area is 181 Å². The summed E-state index contributed by atoms with van der Waals surface area (Å²) >= 11 is 11.9. The van der Waals surface area contributed by atoms with Gasteiger partial charge in [0.2, 0.25) is 0 Å². The lowest BCUT2D eigenvalue weighted by Gasteiger charge is -2.17. The van der Waals surface area contributed by atoms with Crippen molar-refractivity contribution in [2.45, 2.75) is 27.2 Å². The van der Waals surface area contributed by atoms with Gasteiger partial charge in [-0.3, -0.25) is 4.79 Å². The fourth-order valence-electron chi connectivity index (χ4n) is 4.49. The van der Waals surface area contributed by atoms with Crippen LogP contribution in [0.2, 0.25) is 0 Å². The van der Waals surface area contributed by atoms with Crippen LogP contribution >= 0.6 is 23.2 Å². The molecule has 1 aliphatic carbocycles. The molecular weight excluding hydrogens is 407 g/mol. The molecule has 3 rings (SSSR count). The summed E-state index contributed by atoms with van der Waals surface area (Å²) in [7, 11) is 0. The molecular formula is C24H22Cl2O3. The lowest BCUT2D eigenvalue weighted by molar-refractivity contribution is -0.145. The van der Waals surface area contributed by atoms with E-state index in [0.29, 0.717) is 11.5 Å². The normalized spacial score (nSPS) is 24.0. The number of para-hydroxylation sites is 1. The SMILES string of the molecule is CC#CC1(C=C(Cl)Cl)C(C)(C)C1(Cc1cccc(Oc2ccccc2)c1)C(=O)O. The van der Waals surface area contributed by atoms with Gasteiger partial charge in [-0.15, -0.1) is 5.92 Å². The van der Waals surface area contributed by atoms with Gasteiger partial charge < -0.3 is 9.84 Å². The van der Waals surface area contributed by atoms with Crippen molar-refractivity contribution in [3.8, 4) is 23.3 Å². The third-order valence-electron chi connectivity index (χ3n) is 6.02. The highest BCUT2D eigenvalue weighted by Gasteiger charge is 2.85. The molecule has 0 amide bonds. The van der Waals surface area contributed by atoms with Gasteiger partial charge in [0.05, 0.1) is 10.8 Å². The van der Waals surface area contributed by atoms with E-state index < -0.39 is 22.2 Å². The van der Waals surface area contributed by atoms with Gasteiger partial charge in [0.1, 0.15) is 16.0 Å². The van der Waals surface area contributed by atoms with E-state index in [0.717, 1.165) is 5.56 Å². The van der Waals surface area contributed by atoms with E-state index in [1.54, 1.807) is 13.0 Å². The Morgan fingerprint density at radius 1 is 1.10 bits per heavy atom. The number of halogens is 2. The molecule has 0 bridgehead atoms. The lowest BCUT2D eigenvalue weighted by atomic mass is 9.86. The highest BCUT2D eigenvalue weighted by molar-refractivity contribution is 6.56. The average molecular weight is 429 g/mol. The molecule has 1 aliphatic rings. The summed E-state index contributed by atoms with van der Waals surface area (Å²) in [6.45, 7) is 5.47. The number of ether oxygens (including phenoxy) is 1. The molecule has 1 saturated carbocycles. The van der Waals surface area contributed by atoms with Crippen LogP contribution in [0.3, 0.4) is 0 Å². The summed E-state index contributed by atoms with van der Waals surface area (Å²) in [5.41, 5.74) is -1.95. The molecule has 0 heterocycles. The molecule has 5 heteroatoms. The molecule has 1 fully saturated rings. The highest BCUT2D eigenvalue weighted by atomic mass is 35.5. The molecule has 2 atom stereocenters. The van der Waals surface area contributed by atoms with Gasteiger partial charge in [-0.2, -0.15) is 0 Å². The Morgan fingerprint density at radius 3 is 2.34 bits per heavy atom. The molecule has 0 radical (unpaired) electrons. The summed E-state index contributed by atoms with van der Waals surface area (Å²) in [4.78, 5) is 12.5. The topological polar surface area (TPSA) is 46.5 Å². The van der Waals surface area contributed by atoms with Crippen LogP contribution in [-0.2, 0) is 11.2 Å². The molecule has 2 aromatic carbocycles. The maximum atomic E-state index is 12.5. The number of carbonyl (C=O) groups is 1. The van der Waals surface area contributed by atoms with Crippen LogP contribution in [0.1, 0.15) is 26.3 Å². The first-order chi connectivity index (χ1) is 13.7. The van der Waals surface area contributed by atoms with Gasteiger partial charge >= 0.3 is 5.97 Å². The van der Waals surface area contributed by atoms with E-state index in [1.165, 1.54) is 0 Å². The third-order valence-corrected chi connectivity index (χ3v) is 6.24. The molecule has 3 nitrogen and oxygen atoms in total. The Morgan fingerprint density at radius 2 is 1.76 bits per heavy atom. The van der Waals surface area contributed by atoms with Crippen molar-refractivity contribution < 1.29 is 14.6 Å². The van der Waals surface area contributed by atoms with Crippen LogP contribution in [-0.4, -0.2) is 11.1 Å². The molecule has 1 N–H and O–H groups in total. The maximum absolute atomic E-state index is 12.5. The largest absolute Gasteiger partial charge is 0.481 e. The fourth-order valence-corrected chi connectivity index (χ4v) is 4.81. The van der Waals surface area contributed by atoms with Crippen LogP contribution < -0.4 is 4.74 Å². The molecule has 0 spiro atoms. The first-order valence-electron chi connectivity index (χ1n) is 9.23. The summed E-state index contributed by atoms with van der Waals surface area (Å²) in [5, 5.41) is 10.3. The second-order valence-electron chi connectivity index (χ2n) is 7.69. The predicted molar refractivity (Wildman–Crippen MR) is 116 cm³/mol. The molecule has 29 heavy (non-hydrogen) atoms. The van der Waals surface area contributed by atoms with E-state index in [2.05, 4.69) is 11.8 Å². The summed E-state index contributed by atoms with van der Waals surface area (Å²) < 4.78 is 5.92. The number of benzene rings is 2.